The Balaban J connectivity index is 2.07. The molecule has 0 unspecified atom stereocenters. The van der Waals surface area contributed by atoms with Crippen LogP contribution >= 0.6 is 11.6 Å². The molecule has 0 heterocycles. The van der Waals surface area contributed by atoms with Gasteiger partial charge in [0.25, 0.3) is 0 Å². The third-order valence-corrected chi connectivity index (χ3v) is 2.93. The monoisotopic (exact) mass is 211 g/mol. The first kappa shape index (κ1) is 9.81. The van der Waals surface area contributed by atoms with E-state index in [0.29, 0.717) is 5.02 Å². The summed E-state index contributed by atoms with van der Waals surface area (Å²) in [5.41, 5.74) is 5.91. The Bertz CT molecular complexity index is 316. The lowest BCUT2D eigenvalue weighted by molar-refractivity contribution is 0.192. The van der Waals surface area contributed by atoms with Gasteiger partial charge in [0.1, 0.15) is 11.9 Å². The van der Waals surface area contributed by atoms with Crippen molar-refractivity contribution < 1.29 is 4.74 Å². The Hall–Kier alpha value is -0.730. The minimum absolute atomic E-state index is 0.134. The summed E-state index contributed by atoms with van der Waals surface area (Å²) in [5.74, 6) is 0.747. The highest BCUT2D eigenvalue weighted by molar-refractivity contribution is 6.32. The molecule has 1 aliphatic rings. The van der Waals surface area contributed by atoms with E-state index >= 15 is 0 Å². The van der Waals surface area contributed by atoms with Crippen LogP contribution in [0.4, 0.5) is 0 Å². The lowest BCUT2D eigenvalue weighted by Gasteiger charge is -2.18. The van der Waals surface area contributed by atoms with Crippen LogP contribution in [0, 0.1) is 0 Å². The van der Waals surface area contributed by atoms with Gasteiger partial charge in [0.15, 0.2) is 0 Å². The maximum atomic E-state index is 5.98. The number of hydrogen-bond acceptors (Lipinski definition) is 2. The molecule has 76 valence electrons. The summed E-state index contributed by atoms with van der Waals surface area (Å²) in [6, 6.07) is 7.68. The second-order valence-corrected chi connectivity index (χ2v) is 4.09. The van der Waals surface area contributed by atoms with Gasteiger partial charge in [-0.05, 0) is 31.4 Å². The molecular weight excluding hydrogens is 198 g/mol. The molecule has 1 fully saturated rings. The zero-order valence-electron chi connectivity index (χ0n) is 7.95. The third-order valence-electron chi connectivity index (χ3n) is 2.62. The van der Waals surface area contributed by atoms with Crippen molar-refractivity contribution in [1.29, 1.82) is 0 Å². The van der Waals surface area contributed by atoms with Gasteiger partial charge in [-0.1, -0.05) is 23.7 Å². The quantitative estimate of drug-likeness (QED) is 0.816. The molecule has 0 spiro atoms. The Kier molecular flexibility index (Phi) is 2.94. The zero-order chi connectivity index (χ0) is 9.97. The first-order valence-electron chi connectivity index (χ1n) is 4.94. The van der Waals surface area contributed by atoms with Crippen LogP contribution in [-0.4, -0.2) is 12.1 Å². The van der Waals surface area contributed by atoms with Crippen LogP contribution in [0.3, 0.4) is 0 Å². The number of benzene rings is 1. The molecule has 0 saturated heterocycles. The normalized spacial score (nSPS) is 26.4. The minimum Gasteiger partial charge on any atom is -0.487 e. The van der Waals surface area contributed by atoms with E-state index in [0.717, 1.165) is 25.0 Å². The predicted octanol–water partition coefficient (Wildman–Crippen LogP) is 2.60. The Morgan fingerprint density at radius 2 is 2.07 bits per heavy atom. The van der Waals surface area contributed by atoms with Gasteiger partial charge in [0, 0.05) is 6.04 Å². The van der Waals surface area contributed by atoms with Gasteiger partial charge in [-0.3, -0.25) is 0 Å². The first-order valence-corrected chi connectivity index (χ1v) is 5.32. The summed E-state index contributed by atoms with van der Waals surface area (Å²) in [6.45, 7) is 0. The molecule has 0 bridgehead atoms. The van der Waals surface area contributed by atoms with Gasteiger partial charge in [-0.15, -0.1) is 0 Å². The summed E-state index contributed by atoms with van der Waals surface area (Å²) in [4.78, 5) is 0. The maximum absolute atomic E-state index is 5.98. The molecule has 0 aliphatic heterocycles. The van der Waals surface area contributed by atoms with E-state index in [1.54, 1.807) is 0 Å². The molecule has 0 amide bonds. The highest BCUT2D eigenvalue weighted by atomic mass is 35.5. The van der Waals surface area contributed by atoms with E-state index in [1.165, 1.54) is 0 Å². The average molecular weight is 212 g/mol. The molecule has 0 radical (unpaired) electrons. The molecule has 3 heteroatoms. The molecule has 2 nitrogen and oxygen atoms in total. The number of hydrogen-bond donors (Lipinski definition) is 1. The fraction of sp³-hybridized carbons (Fsp3) is 0.455. The van der Waals surface area contributed by atoms with Crippen LogP contribution in [0.15, 0.2) is 24.3 Å². The van der Waals surface area contributed by atoms with Crippen LogP contribution in [-0.2, 0) is 0 Å². The molecule has 1 aromatic carbocycles. The van der Waals surface area contributed by atoms with Gasteiger partial charge in [-0.2, -0.15) is 0 Å². The topological polar surface area (TPSA) is 35.2 Å². The summed E-state index contributed by atoms with van der Waals surface area (Å²) in [5, 5.41) is 0.659. The summed E-state index contributed by atoms with van der Waals surface area (Å²) in [6.07, 6.45) is 3.37. The van der Waals surface area contributed by atoms with E-state index in [2.05, 4.69) is 0 Å². The van der Waals surface area contributed by atoms with Crippen molar-refractivity contribution in [3.63, 3.8) is 0 Å². The summed E-state index contributed by atoms with van der Waals surface area (Å²) in [7, 11) is 0. The fourth-order valence-electron chi connectivity index (χ4n) is 1.80. The van der Waals surface area contributed by atoms with Crippen LogP contribution in [0.25, 0.3) is 0 Å². The third kappa shape index (κ3) is 2.02. The molecule has 14 heavy (non-hydrogen) atoms. The molecular formula is C11H14ClNO. The summed E-state index contributed by atoms with van der Waals surface area (Å²) >= 11 is 5.98. The predicted molar refractivity (Wildman–Crippen MR) is 57.7 cm³/mol. The Morgan fingerprint density at radius 1 is 1.29 bits per heavy atom. The van der Waals surface area contributed by atoms with E-state index in [9.17, 15) is 0 Å². The second-order valence-electron chi connectivity index (χ2n) is 3.68. The Labute approximate surface area is 89.0 Å². The van der Waals surface area contributed by atoms with Crippen LogP contribution in [0.5, 0.6) is 5.75 Å². The molecule has 2 N–H and O–H groups in total. The van der Waals surface area contributed by atoms with Gasteiger partial charge in [0.2, 0.25) is 0 Å². The highest BCUT2D eigenvalue weighted by Crippen LogP contribution is 2.28. The van der Waals surface area contributed by atoms with Crippen LogP contribution in [0.1, 0.15) is 19.3 Å². The van der Waals surface area contributed by atoms with Crippen molar-refractivity contribution in [3.05, 3.63) is 29.3 Å². The SMILES string of the molecule is N[C@@H]1CCC[C@@H]1Oc1ccccc1Cl. The van der Waals surface area contributed by atoms with E-state index in [-0.39, 0.29) is 12.1 Å². The van der Waals surface area contributed by atoms with E-state index < -0.39 is 0 Å². The highest BCUT2D eigenvalue weighted by Gasteiger charge is 2.25. The second kappa shape index (κ2) is 4.20. The number of ether oxygens (including phenoxy) is 1. The largest absolute Gasteiger partial charge is 0.487 e. The molecule has 2 atom stereocenters. The van der Waals surface area contributed by atoms with Crippen molar-refractivity contribution in [2.75, 3.05) is 0 Å². The lowest BCUT2D eigenvalue weighted by Crippen LogP contribution is -2.33. The maximum Gasteiger partial charge on any atom is 0.138 e. The van der Waals surface area contributed by atoms with Crippen molar-refractivity contribution in [1.82, 2.24) is 0 Å². The molecule has 1 aliphatic carbocycles. The van der Waals surface area contributed by atoms with Gasteiger partial charge in [-0.25, -0.2) is 0 Å². The number of halogens is 1. The standard InChI is InChI=1S/C11H14ClNO/c12-8-4-1-2-6-10(8)14-11-7-3-5-9(11)13/h1-2,4,6,9,11H,3,5,7,13H2/t9-,11+/m1/s1. The Morgan fingerprint density at radius 3 is 2.71 bits per heavy atom. The molecule has 1 aromatic rings. The van der Waals surface area contributed by atoms with Gasteiger partial charge in [0.05, 0.1) is 5.02 Å². The van der Waals surface area contributed by atoms with E-state index in [4.69, 9.17) is 22.1 Å². The van der Waals surface area contributed by atoms with E-state index in [1.807, 2.05) is 24.3 Å². The zero-order valence-corrected chi connectivity index (χ0v) is 8.70. The van der Waals surface area contributed by atoms with Crippen LogP contribution < -0.4 is 10.5 Å². The number of nitrogens with two attached hydrogens (primary N) is 1. The van der Waals surface area contributed by atoms with Crippen molar-refractivity contribution in [2.45, 2.75) is 31.4 Å². The minimum atomic E-state index is 0.134. The molecule has 0 aromatic heterocycles. The number of rotatable bonds is 2. The molecule has 1 saturated carbocycles. The lowest BCUT2D eigenvalue weighted by atomic mass is 10.2. The summed E-state index contributed by atoms with van der Waals surface area (Å²) < 4.78 is 5.76. The average Bonchev–Trinajstić information content (AvgIpc) is 2.56. The first-order chi connectivity index (χ1) is 6.77. The van der Waals surface area contributed by atoms with Crippen LogP contribution in [0.2, 0.25) is 5.02 Å². The van der Waals surface area contributed by atoms with Crippen molar-refractivity contribution in [3.8, 4) is 5.75 Å². The fourth-order valence-corrected chi connectivity index (χ4v) is 1.98. The van der Waals surface area contributed by atoms with Crippen molar-refractivity contribution in [2.24, 2.45) is 5.73 Å². The van der Waals surface area contributed by atoms with Gasteiger partial charge >= 0.3 is 0 Å². The van der Waals surface area contributed by atoms with Crippen molar-refractivity contribution >= 4 is 11.6 Å². The number of para-hydroxylation sites is 1. The smallest absolute Gasteiger partial charge is 0.138 e. The van der Waals surface area contributed by atoms with Gasteiger partial charge < -0.3 is 10.5 Å². The molecule has 2 rings (SSSR count).